The largest absolute Gasteiger partial charge is 0.359 e. The quantitative estimate of drug-likeness (QED) is 0.761. The third kappa shape index (κ3) is 2.10. The highest BCUT2D eigenvalue weighted by molar-refractivity contribution is 7.73. The van der Waals surface area contributed by atoms with E-state index in [1.165, 1.54) is 16.1 Å². The molecule has 0 spiro atoms. The average molecular weight is 255 g/mol. The van der Waals surface area contributed by atoms with Gasteiger partial charge in [0.15, 0.2) is 3.95 Å². The van der Waals surface area contributed by atoms with Gasteiger partial charge in [-0.2, -0.15) is 4.73 Å². The molecule has 0 radical (unpaired) electrons. The van der Waals surface area contributed by atoms with Crippen LogP contribution in [-0.4, -0.2) is 10.7 Å². The van der Waals surface area contributed by atoms with Gasteiger partial charge in [-0.25, -0.2) is 4.79 Å². The number of allylic oxidation sites excluding steroid dienone is 1. The molecule has 0 amide bonds. The molecule has 1 aromatic heterocycles. The molecular weight excluding hydrogens is 242 g/mol. The number of thiazole rings is 1. The first kappa shape index (κ1) is 11.5. The van der Waals surface area contributed by atoms with Gasteiger partial charge < -0.3 is 4.84 Å². The van der Waals surface area contributed by atoms with Crippen molar-refractivity contribution < 1.29 is 9.63 Å². The van der Waals surface area contributed by atoms with Crippen LogP contribution < -0.4 is 4.84 Å². The molecule has 0 unspecified atom stereocenters. The van der Waals surface area contributed by atoms with Crippen molar-refractivity contribution in [2.45, 2.75) is 33.1 Å². The lowest BCUT2D eigenvalue weighted by Gasteiger charge is -2.07. The number of hydrogen-bond acceptors (Lipinski definition) is 4. The summed E-state index contributed by atoms with van der Waals surface area (Å²) in [6.07, 6.45) is 2.86. The van der Waals surface area contributed by atoms with Crippen LogP contribution in [0.2, 0.25) is 0 Å². The van der Waals surface area contributed by atoms with Crippen LogP contribution in [0.4, 0.5) is 0 Å². The second kappa shape index (κ2) is 4.51. The van der Waals surface area contributed by atoms with Crippen LogP contribution in [0.1, 0.15) is 31.9 Å². The second-order valence-corrected chi connectivity index (χ2v) is 5.43. The van der Waals surface area contributed by atoms with Gasteiger partial charge in [-0.3, -0.25) is 0 Å². The van der Waals surface area contributed by atoms with Crippen LogP contribution >= 0.6 is 23.6 Å². The molecule has 0 aromatic carbocycles. The summed E-state index contributed by atoms with van der Waals surface area (Å²) in [6.45, 7) is 3.86. The van der Waals surface area contributed by atoms with E-state index in [2.05, 4.69) is 0 Å². The summed E-state index contributed by atoms with van der Waals surface area (Å²) in [5.74, 6) is -0.257. The number of carbonyl (C=O) groups is 1. The van der Waals surface area contributed by atoms with E-state index in [9.17, 15) is 4.79 Å². The van der Waals surface area contributed by atoms with E-state index in [0.29, 0.717) is 3.95 Å². The summed E-state index contributed by atoms with van der Waals surface area (Å²) in [5, 5.41) is 1.88. The van der Waals surface area contributed by atoms with Gasteiger partial charge in [-0.1, -0.05) is 5.57 Å². The third-order valence-electron chi connectivity index (χ3n) is 2.73. The Bertz CT molecular complexity index is 510. The van der Waals surface area contributed by atoms with Crippen LogP contribution in [0.15, 0.2) is 16.5 Å². The predicted octanol–water partition coefficient (Wildman–Crippen LogP) is 3.04. The molecule has 0 aliphatic heterocycles. The van der Waals surface area contributed by atoms with Gasteiger partial charge in [-0.05, 0) is 45.3 Å². The molecule has 0 saturated heterocycles. The Morgan fingerprint density at radius 2 is 2.25 bits per heavy atom. The Hall–Kier alpha value is -0.940. The molecule has 86 valence electrons. The Morgan fingerprint density at radius 1 is 1.50 bits per heavy atom. The first-order valence-corrected chi connectivity index (χ1v) is 6.47. The van der Waals surface area contributed by atoms with E-state index >= 15 is 0 Å². The number of nitrogens with zero attached hydrogens (tertiary/aromatic N) is 1. The molecule has 0 atom stereocenters. The van der Waals surface area contributed by atoms with Crippen molar-refractivity contribution in [1.29, 1.82) is 0 Å². The number of aromatic nitrogens is 1. The maximum atomic E-state index is 11.9. The highest BCUT2D eigenvalue weighted by Crippen LogP contribution is 2.25. The minimum Gasteiger partial charge on any atom is -0.330 e. The minimum atomic E-state index is -0.257. The van der Waals surface area contributed by atoms with Crippen LogP contribution in [0.3, 0.4) is 0 Å². The highest BCUT2D eigenvalue weighted by Gasteiger charge is 2.20. The van der Waals surface area contributed by atoms with Crippen LogP contribution in [0.5, 0.6) is 0 Å². The minimum absolute atomic E-state index is 0.257. The molecule has 0 N–H and O–H groups in total. The van der Waals surface area contributed by atoms with Crippen molar-refractivity contribution in [2.75, 3.05) is 0 Å². The molecule has 0 bridgehead atoms. The monoisotopic (exact) mass is 255 g/mol. The molecule has 1 aliphatic rings. The molecule has 1 aromatic rings. The second-order valence-electron chi connectivity index (χ2n) is 3.93. The topological polar surface area (TPSA) is 31.2 Å². The summed E-state index contributed by atoms with van der Waals surface area (Å²) in [6, 6.07) is 0. The van der Waals surface area contributed by atoms with Crippen LogP contribution in [-0.2, 0) is 4.79 Å². The summed E-state index contributed by atoms with van der Waals surface area (Å²) in [5.41, 5.74) is 2.82. The van der Waals surface area contributed by atoms with E-state index < -0.39 is 0 Å². The molecule has 1 heterocycles. The number of aryl methyl sites for hydroxylation is 1. The molecule has 0 fully saturated rings. The van der Waals surface area contributed by atoms with Crippen molar-refractivity contribution in [3.05, 3.63) is 26.2 Å². The van der Waals surface area contributed by atoms with Gasteiger partial charge in [0.05, 0.1) is 5.69 Å². The summed E-state index contributed by atoms with van der Waals surface area (Å²) in [7, 11) is 0. The normalized spacial score (nSPS) is 15.6. The van der Waals surface area contributed by atoms with Gasteiger partial charge in [0.2, 0.25) is 0 Å². The standard InChI is InChI=1S/C11H13NO2S2/c1-7-4-3-5-9(7)10(13)14-12-8(2)6-16-11(12)15/h6H,3-5H2,1-2H3. The maximum absolute atomic E-state index is 11.9. The number of rotatable bonds is 2. The number of hydrogen-bond donors (Lipinski definition) is 0. The van der Waals surface area contributed by atoms with Gasteiger partial charge in [-0.15, -0.1) is 11.3 Å². The average Bonchev–Trinajstić information content (AvgIpc) is 2.79. The first-order chi connectivity index (χ1) is 7.59. The summed E-state index contributed by atoms with van der Waals surface area (Å²) < 4.78 is 2.00. The molecule has 5 heteroatoms. The van der Waals surface area contributed by atoms with E-state index in [1.807, 2.05) is 19.2 Å². The van der Waals surface area contributed by atoms with E-state index in [4.69, 9.17) is 17.1 Å². The van der Waals surface area contributed by atoms with E-state index in [-0.39, 0.29) is 5.97 Å². The van der Waals surface area contributed by atoms with Gasteiger partial charge in [0, 0.05) is 11.0 Å². The van der Waals surface area contributed by atoms with Gasteiger partial charge >= 0.3 is 5.97 Å². The first-order valence-electron chi connectivity index (χ1n) is 5.18. The van der Waals surface area contributed by atoms with Crippen LogP contribution in [0, 0.1) is 10.9 Å². The van der Waals surface area contributed by atoms with Crippen molar-refractivity contribution >= 4 is 29.5 Å². The SMILES string of the molecule is CC1=C(C(=O)On2c(C)csc2=S)CCC1. The maximum Gasteiger partial charge on any atom is 0.359 e. The lowest BCUT2D eigenvalue weighted by Crippen LogP contribution is -2.22. The lowest BCUT2D eigenvalue weighted by molar-refractivity contribution is -0.140. The molecule has 1 aliphatic carbocycles. The summed E-state index contributed by atoms with van der Waals surface area (Å²) >= 11 is 6.48. The van der Waals surface area contributed by atoms with Crippen LogP contribution in [0.25, 0.3) is 0 Å². The van der Waals surface area contributed by atoms with Gasteiger partial charge in [0.1, 0.15) is 0 Å². The van der Waals surface area contributed by atoms with E-state index in [0.717, 1.165) is 36.1 Å². The highest BCUT2D eigenvalue weighted by atomic mass is 32.1. The fraction of sp³-hybridized carbons (Fsp3) is 0.455. The predicted molar refractivity (Wildman–Crippen MR) is 66.0 cm³/mol. The van der Waals surface area contributed by atoms with Crippen molar-refractivity contribution in [2.24, 2.45) is 0 Å². The van der Waals surface area contributed by atoms with Gasteiger partial charge in [0.25, 0.3) is 0 Å². The van der Waals surface area contributed by atoms with Crippen molar-refractivity contribution in [3.8, 4) is 0 Å². The molecular formula is C11H13NO2S2. The molecule has 16 heavy (non-hydrogen) atoms. The molecule has 0 saturated carbocycles. The Labute approximate surface area is 103 Å². The lowest BCUT2D eigenvalue weighted by atomic mass is 10.2. The zero-order valence-corrected chi connectivity index (χ0v) is 10.9. The third-order valence-corrected chi connectivity index (χ3v) is 4.01. The smallest absolute Gasteiger partial charge is 0.330 e. The Kier molecular flexibility index (Phi) is 3.25. The molecule has 2 rings (SSSR count). The fourth-order valence-corrected chi connectivity index (χ4v) is 2.76. The summed E-state index contributed by atoms with van der Waals surface area (Å²) in [4.78, 5) is 17.2. The molecule has 3 nitrogen and oxygen atoms in total. The Balaban J connectivity index is 2.20. The van der Waals surface area contributed by atoms with Crippen molar-refractivity contribution in [1.82, 2.24) is 4.73 Å². The zero-order valence-electron chi connectivity index (χ0n) is 9.28. The fourth-order valence-electron chi connectivity index (χ4n) is 1.79. The zero-order chi connectivity index (χ0) is 11.7. The number of carbonyl (C=O) groups excluding carboxylic acids is 1. The van der Waals surface area contributed by atoms with Crippen molar-refractivity contribution in [3.63, 3.8) is 0 Å². The van der Waals surface area contributed by atoms with E-state index in [1.54, 1.807) is 0 Å². The Morgan fingerprint density at radius 3 is 2.75 bits per heavy atom.